The van der Waals surface area contributed by atoms with Gasteiger partial charge in [0.15, 0.2) is 0 Å². The highest BCUT2D eigenvalue weighted by atomic mass is 35.5. The van der Waals surface area contributed by atoms with Crippen LogP contribution in [0.4, 0.5) is 0 Å². The maximum Gasteiger partial charge on any atom is 0.329 e. The van der Waals surface area contributed by atoms with Gasteiger partial charge in [-0.15, -0.1) is 0 Å². The Labute approximate surface area is 171 Å². The summed E-state index contributed by atoms with van der Waals surface area (Å²) in [6.07, 6.45) is 0. The molecule has 1 aliphatic heterocycles. The molecule has 28 heavy (non-hydrogen) atoms. The molecule has 6 heteroatoms. The first kappa shape index (κ1) is 20.8. The molecule has 5 nitrogen and oxygen atoms in total. The Bertz CT molecular complexity index is 711. The van der Waals surface area contributed by atoms with E-state index in [-0.39, 0.29) is 12.6 Å². The van der Waals surface area contributed by atoms with E-state index >= 15 is 0 Å². The first-order valence-electron chi connectivity index (χ1n) is 9.61. The van der Waals surface area contributed by atoms with Gasteiger partial charge in [-0.2, -0.15) is 0 Å². The fourth-order valence-electron chi connectivity index (χ4n) is 3.61. The molecule has 0 aromatic heterocycles. The fourth-order valence-corrected chi connectivity index (χ4v) is 3.73. The van der Waals surface area contributed by atoms with Crippen molar-refractivity contribution in [3.63, 3.8) is 0 Å². The van der Waals surface area contributed by atoms with Gasteiger partial charge in [0.2, 0.25) is 0 Å². The highest BCUT2D eigenvalue weighted by Gasteiger charge is 2.26. The van der Waals surface area contributed by atoms with Crippen molar-refractivity contribution in [1.29, 1.82) is 0 Å². The number of aryl methyl sites for hydroxylation is 1. The molecule has 1 heterocycles. The summed E-state index contributed by atoms with van der Waals surface area (Å²) in [5.41, 5.74) is 3.78. The predicted octanol–water partition coefficient (Wildman–Crippen LogP) is 3.46. The SMILES string of the molecule is Cc1ccc(C(c2ccc(Cl)cc2)N2CCN(CCOCC(=O)O)CC2)cc1. The summed E-state index contributed by atoms with van der Waals surface area (Å²) in [5.74, 6) is -0.922. The second-order valence-electron chi connectivity index (χ2n) is 7.19. The van der Waals surface area contributed by atoms with E-state index in [1.54, 1.807) is 0 Å². The molecule has 1 aliphatic rings. The zero-order valence-corrected chi connectivity index (χ0v) is 16.9. The molecule has 1 atom stereocenters. The Morgan fingerprint density at radius 1 is 1.04 bits per heavy atom. The molecule has 0 amide bonds. The molecule has 0 radical (unpaired) electrons. The van der Waals surface area contributed by atoms with Crippen LogP contribution >= 0.6 is 11.6 Å². The Morgan fingerprint density at radius 2 is 1.61 bits per heavy atom. The van der Waals surface area contributed by atoms with Gasteiger partial charge in [0.1, 0.15) is 6.61 Å². The van der Waals surface area contributed by atoms with E-state index in [1.165, 1.54) is 16.7 Å². The first-order chi connectivity index (χ1) is 13.5. The van der Waals surface area contributed by atoms with Gasteiger partial charge in [0.25, 0.3) is 0 Å². The maximum absolute atomic E-state index is 10.5. The lowest BCUT2D eigenvalue weighted by molar-refractivity contribution is -0.142. The van der Waals surface area contributed by atoms with Crippen molar-refractivity contribution in [1.82, 2.24) is 9.80 Å². The average Bonchev–Trinajstić information content (AvgIpc) is 2.69. The number of hydrogen-bond donors (Lipinski definition) is 1. The van der Waals surface area contributed by atoms with Crippen LogP contribution in [0.15, 0.2) is 48.5 Å². The van der Waals surface area contributed by atoms with Gasteiger partial charge in [-0.05, 0) is 30.2 Å². The fraction of sp³-hybridized carbons (Fsp3) is 0.409. The summed E-state index contributed by atoms with van der Waals surface area (Å²) in [4.78, 5) is 15.4. The molecule has 150 valence electrons. The van der Waals surface area contributed by atoms with Crippen molar-refractivity contribution in [3.05, 3.63) is 70.2 Å². The Hall–Kier alpha value is -1.92. The van der Waals surface area contributed by atoms with E-state index in [0.29, 0.717) is 6.61 Å². The Kier molecular flexibility index (Phi) is 7.45. The molecule has 1 fully saturated rings. The van der Waals surface area contributed by atoms with Crippen LogP contribution in [0, 0.1) is 6.92 Å². The van der Waals surface area contributed by atoms with Crippen molar-refractivity contribution in [2.75, 3.05) is 45.9 Å². The number of halogens is 1. The molecule has 1 saturated heterocycles. The van der Waals surface area contributed by atoms with Gasteiger partial charge in [0, 0.05) is 37.7 Å². The minimum atomic E-state index is -0.922. The smallest absolute Gasteiger partial charge is 0.329 e. The van der Waals surface area contributed by atoms with Crippen LogP contribution < -0.4 is 0 Å². The molecule has 0 bridgehead atoms. The zero-order chi connectivity index (χ0) is 19.9. The summed E-state index contributed by atoms with van der Waals surface area (Å²) in [6, 6.07) is 17.1. The lowest BCUT2D eigenvalue weighted by atomic mass is 9.95. The monoisotopic (exact) mass is 402 g/mol. The Morgan fingerprint density at radius 3 is 2.18 bits per heavy atom. The standard InChI is InChI=1S/C22H27ClN2O3/c1-17-2-4-18(5-3-17)22(19-6-8-20(23)9-7-19)25-12-10-24(11-13-25)14-15-28-16-21(26)27/h2-9,22H,10-16H2,1H3,(H,26,27). The van der Waals surface area contributed by atoms with Gasteiger partial charge in [0.05, 0.1) is 12.6 Å². The molecule has 2 aromatic carbocycles. The summed E-state index contributed by atoms with van der Waals surface area (Å²) in [6.45, 7) is 6.85. The van der Waals surface area contributed by atoms with Crippen LogP contribution in [0.25, 0.3) is 0 Å². The summed E-state index contributed by atoms with van der Waals surface area (Å²) < 4.78 is 5.17. The quantitative estimate of drug-likeness (QED) is 0.685. The van der Waals surface area contributed by atoms with Crippen molar-refractivity contribution < 1.29 is 14.6 Å². The number of rotatable bonds is 8. The number of carboxylic acid groups (broad SMARTS) is 1. The highest BCUT2D eigenvalue weighted by molar-refractivity contribution is 6.30. The number of benzene rings is 2. The number of ether oxygens (including phenoxy) is 1. The zero-order valence-electron chi connectivity index (χ0n) is 16.2. The van der Waals surface area contributed by atoms with Crippen LogP contribution in [-0.2, 0) is 9.53 Å². The largest absolute Gasteiger partial charge is 0.480 e. The summed E-state index contributed by atoms with van der Waals surface area (Å²) in [5, 5.41) is 9.39. The normalized spacial score (nSPS) is 16.8. The molecule has 0 aliphatic carbocycles. The van der Waals surface area contributed by atoms with Crippen LogP contribution in [0.2, 0.25) is 5.02 Å². The summed E-state index contributed by atoms with van der Waals surface area (Å²) in [7, 11) is 0. The lowest BCUT2D eigenvalue weighted by Gasteiger charge is -2.39. The van der Waals surface area contributed by atoms with E-state index in [1.807, 2.05) is 12.1 Å². The van der Waals surface area contributed by atoms with Gasteiger partial charge < -0.3 is 9.84 Å². The van der Waals surface area contributed by atoms with E-state index < -0.39 is 5.97 Å². The number of piperazine rings is 1. The molecule has 1 N–H and O–H groups in total. The number of carboxylic acids is 1. The topological polar surface area (TPSA) is 53.0 Å². The molecule has 1 unspecified atom stereocenters. The molecule has 3 rings (SSSR count). The number of nitrogens with zero attached hydrogens (tertiary/aromatic N) is 2. The number of aliphatic carboxylic acids is 1. The van der Waals surface area contributed by atoms with Gasteiger partial charge in [-0.3, -0.25) is 9.80 Å². The molecular weight excluding hydrogens is 376 g/mol. The van der Waals surface area contributed by atoms with E-state index in [4.69, 9.17) is 21.4 Å². The molecule has 0 spiro atoms. The number of carbonyl (C=O) groups is 1. The van der Waals surface area contributed by atoms with Crippen LogP contribution in [0.5, 0.6) is 0 Å². The lowest BCUT2D eigenvalue weighted by Crippen LogP contribution is -2.48. The minimum Gasteiger partial charge on any atom is -0.480 e. The third kappa shape index (κ3) is 5.79. The third-order valence-electron chi connectivity index (χ3n) is 5.13. The van der Waals surface area contributed by atoms with Crippen LogP contribution in [0.1, 0.15) is 22.7 Å². The second kappa shape index (κ2) is 10.0. The summed E-state index contributed by atoms with van der Waals surface area (Å²) >= 11 is 6.10. The van der Waals surface area contributed by atoms with Crippen LogP contribution in [-0.4, -0.2) is 66.8 Å². The second-order valence-corrected chi connectivity index (χ2v) is 7.63. The van der Waals surface area contributed by atoms with Crippen molar-refractivity contribution in [3.8, 4) is 0 Å². The third-order valence-corrected chi connectivity index (χ3v) is 5.38. The number of hydrogen-bond acceptors (Lipinski definition) is 4. The van der Waals surface area contributed by atoms with E-state index in [9.17, 15) is 4.79 Å². The van der Waals surface area contributed by atoms with Gasteiger partial charge in [-0.1, -0.05) is 53.6 Å². The van der Waals surface area contributed by atoms with E-state index in [2.05, 4.69) is 53.1 Å². The molecular formula is C22H27ClN2O3. The molecule has 2 aromatic rings. The average molecular weight is 403 g/mol. The van der Waals surface area contributed by atoms with Crippen molar-refractivity contribution in [2.24, 2.45) is 0 Å². The van der Waals surface area contributed by atoms with Crippen LogP contribution in [0.3, 0.4) is 0 Å². The van der Waals surface area contributed by atoms with Crippen molar-refractivity contribution in [2.45, 2.75) is 13.0 Å². The molecule has 0 saturated carbocycles. The minimum absolute atomic E-state index is 0.197. The maximum atomic E-state index is 10.5. The predicted molar refractivity (Wildman–Crippen MR) is 111 cm³/mol. The van der Waals surface area contributed by atoms with Gasteiger partial charge >= 0.3 is 5.97 Å². The Balaban J connectivity index is 1.66. The van der Waals surface area contributed by atoms with Crippen molar-refractivity contribution >= 4 is 17.6 Å². The van der Waals surface area contributed by atoms with Gasteiger partial charge in [-0.25, -0.2) is 4.79 Å². The first-order valence-corrected chi connectivity index (χ1v) is 9.99. The van der Waals surface area contributed by atoms with E-state index in [0.717, 1.165) is 37.7 Å². The highest BCUT2D eigenvalue weighted by Crippen LogP contribution is 2.30.